The van der Waals surface area contributed by atoms with Gasteiger partial charge in [-0.1, -0.05) is 30.3 Å². The molecule has 0 aliphatic heterocycles. The normalized spacial score (nSPS) is 10.4. The molecule has 0 aliphatic carbocycles. The van der Waals surface area contributed by atoms with Gasteiger partial charge in [0.1, 0.15) is 5.82 Å². The van der Waals surface area contributed by atoms with Crippen molar-refractivity contribution in [2.45, 2.75) is 13.0 Å². The van der Waals surface area contributed by atoms with E-state index in [-0.39, 0.29) is 11.6 Å². The summed E-state index contributed by atoms with van der Waals surface area (Å²) in [6.07, 6.45) is 0.415. The van der Waals surface area contributed by atoms with E-state index in [1.807, 2.05) is 30.3 Å². The van der Waals surface area contributed by atoms with E-state index in [1.165, 1.54) is 29.8 Å². The Morgan fingerprint density at radius 1 is 1.00 bits per heavy atom. The number of nitrogens with one attached hydrogen (secondary N) is 1. The average Bonchev–Trinajstić information content (AvgIpc) is 2.45. The molecule has 19 heavy (non-hydrogen) atoms. The van der Waals surface area contributed by atoms with Gasteiger partial charge in [0.25, 0.3) is 0 Å². The van der Waals surface area contributed by atoms with Gasteiger partial charge in [-0.05, 0) is 29.8 Å². The fourth-order valence-corrected chi connectivity index (χ4v) is 1.81. The number of hydrogen-bond acceptors (Lipinski definition) is 2. The lowest BCUT2D eigenvalue weighted by Gasteiger charge is -2.04. The van der Waals surface area contributed by atoms with Crippen molar-refractivity contribution >= 4 is 5.78 Å². The molecular weight excluding hydrogens is 241 g/mol. The highest BCUT2D eigenvalue weighted by Gasteiger charge is 2.05. The molecule has 0 heterocycles. The van der Waals surface area contributed by atoms with Crippen molar-refractivity contribution in [3.63, 3.8) is 0 Å². The second-order valence-electron chi connectivity index (χ2n) is 4.34. The zero-order valence-electron chi connectivity index (χ0n) is 10.6. The maximum absolute atomic E-state index is 12.7. The van der Waals surface area contributed by atoms with Gasteiger partial charge in [-0.25, -0.2) is 4.39 Å². The molecule has 2 rings (SSSR count). The second kappa shape index (κ2) is 6.81. The van der Waals surface area contributed by atoms with Crippen LogP contribution in [0, 0.1) is 5.82 Å². The summed E-state index contributed by atoms with van der Waals surface area (Å²) < 4.78 is 12.7. The monoisotopic (exact) mass is 257 g/mol. The van der Waals surface area contributed by atoms with Gasteiger partial charge in [-0.15, -0.1) is 0 Å². The van der Waals surface area contributed by atoms with Crippen LogP contribution in [-0.4, -0.2) is 12.3 Å². The van der Waals surface area contributed by atoms with Gasteiger partial charge in [-0.3, -0.25) is 4.79 Å². The molecule has 2 nitrogen and oxygen atoms in total. The first-order chi connectivity index (χ1) is 9.25. The highest BCUT2D eigenvalue weighted by molar-refractivity contribution is 5.96. The highest BCUT2D eigenvalue weighted by atomic mass is 19.1. The van der Waals surface area contributed by atoms with Crippen molar-refractivity contribution in [1.29, 1.82) is 0 Å². The summed E-state index contributed by atoms with van der Waals surface area (Å²) in [7, 11) is 0. The molecule has 0 spiro atoms. The van der Waals surface area contributed by atoms with Crippen molar-refractivity contribution in [3.05, 3.63) is 71.5 Å². The predicted molar refractivity (Wildman–Crippen MR) is 73.5 cm³/mol. The van der Waals surface area contributed by atoms with Crippen molar-refractivity contribution < 1.29 is 9.18 Å². The van der Waals surface area contributed by atoms with Crippen molar-refractivity contribution in [2.75, 3.05) is 6.54 Å². The van der Waals surface area contributed by atoms with E-state index in [9.17, 15) is 9.18 Å². The molecule has 0 amide bonds. The molecule has 98 valence electrons. The Hall–Kier alpha value is -2.00. The fraction of sp³-hybridized carbons (Fsp3) is 0.188. The minimum Gasteiger partial charge on any atom is -0.312 e. The number of benzene rings is 2. The van der Waals surface area contributed by atoms with Crippen LogP contribution in [0.4, 0.5) is 4.39 Å². The van der Waals surface area contributed by atoms with E-state index in [0.717, 1.165) is 6.54 Å². The van der Waals surface area contributed by atoms with Crippen molar-refractivity contribution in [1.82, 2.24) is 5.32 Å². The quantitative estimate of drug-likeness (QED) is 0.636. The Balaban J connectivity index is 1.74. The summed E-state index contributed by atoms with van der Waals surface area (Å²) in [5, 5.41) is 3.22. The maximum atomic E-state index is 12.7. The Labute approximate surface area is 112 Å². The molecule has 1 N–H and O–H groups in total. The Morgan fingerprint density at radius 3 is 2.37 bits per heavy atom. The Kier molecular flexibility index (Phi) is 4.81. The summed E-state index contributed by atoms with van der Waals surface area (Å²) in [5.74, 6) is -0.292. The molecule has 0 radical (unpaired) electrons. The van der Waals surface area contributed by atoms with E-state index in [0.29, 0.717) is 18.5 Å². The minimum absolute atomic E-state index is 0.0283. The van der Waals surface area contributed by atoms with Crippen LogP contribution in [0.2, 0.25) is 0 Å². The van der Waals surface area contributed by atoms with Crippen molar-refractivity contribution in [3.8, 4) is 0 Å². The van der Waals surface area contributed by atoms with Crippen LogP contribution in [0.5, 0.6) is 0 Å². The minimum atomic E-state index is -0.321. The second-order valence-corrected chi connectivity index (χ2v) is 4.34. The number of carbonyl (C=O) groups is 1. The van der Waals surface area contributed by atoms with Crippen LogP contribution in [0.1, 0.15) is 22.3 Å². The van der Waals surface area contributed by atoms with Gasteiger partial charge >= 0.3 is 0 Å². The summed E-state index contributed by atoms with van der Waals surface area (Å²) in [5.41, 5.74) is 1.75. The molecule has 0 saturated heterocycles. The third-order valence-electron chi connectivity index (χ3n) is 2.87. The lowest BCUT2D eigenvalue weighted by atomic mass is 10.1. The first kappa shape index (κ1) is 13.4. The van der Waals surface area contributed by atoms with Crippen LogP contribution in [0.15, 0.2) is 54.6 Å². The largest absolute Gasteiger partial charge is 0.312 e. The summed E-state index contributed by atoms with van der Waals surface area (Å²) in [6.45, 7) is 1.36. The molecule has 0 bridgehead atoms. The first-order valence-electron chi connectivity index (χ1n) is 6.29. The van der Waals surface area contributed by atoms with Gasteiger partial charge < -0.3 is 5.32 Å². The Bertz CT molecular complexity index is 522. The summed E-state index contributed by atoms with van der Waals surface area (Å²) in [6, 6.07) is 15.7. The van der Waals surface area contributed by atoms with E-state index in [4.69, 9.17) is 0 Å². The smallest absolute Gasteiger partial charge is 0.164 e. The number of halogens is 1. The molecule has 0 aromatic heterocycles. The summed E-state index contributed by atoms with van der Waals surface area (Å²) >= 11 is 0. The van der Waals surface area contributed by atoms with Gasteiger partial charge in [0.05, 0.1) is 0 Å². The van der Waals surface area contributed by atoms with Crippen LogP contribution in [-0.2, 0) is 6.54 Å². The zero-order valence-corrected chi connectivity index (χ0v) is 10.6. The van der Waals surface area contributed by atoms with Crippen LogP contribution >= 0.6 is 0 Å². The SMILES string of the molecule is O=C(CCNCc1ccccc1)c1ccc(F)cc1. The first-order valence-corrected chi connectivity index (χ1v) is 6.29. The van der Waals surface area contributed by atoms with Gasteiger partial charge in [-0.2, -0.15) is 0 Å². The lowest BCUT2D eigenvalue weighted by molar-refractivity contribution is 0.0982. The average molecular weight is 257 g/mol. The van der Waals surface area contributed by atoms with E-state index in [1.54, 1.807) is 0 Å². The van der Waals surface area contributed by atoms with E-state index in [2.05, 4.69) is 5.32 Å². The lowest BCUT2D eigenvalue weighted by Crippen LogP contribution is -2.17. The third-order valence-corrected chi connectivity index (χ3v) is 2.87. The topological polar surface area (TPSA) is 29.1 Å². The van der Waals surface area contributed by atoms with Gasteiger partial charge in [0.2, 0.25) is 0 Å². The molecule has 3 heteroatoms. The van der Waals surface area contributed by atoms with Crippen molar-refractivity contribution in [2.24, 2.45) is 0 Å². The number of carbonyl (C=O) groups excluding carboxylic acids is 1. The molecule has 0 unspecified atom stereocenters. The molecule has 2 aromatic carbocycles. The Morgan fingerprint density at radius 2 is 1.68 bits per heavy atom. The van der Waals surface area contributed by atoms with Crippen LogP contribution in [0.25, 0.3) is 0 Å². The number of Topliss-reactive ketones (excluding diaryl/α,β-unsaturated/α-hetero) is 1. The third kappa shape index (κ3) is 4.30. The van der Waals surface area contributed by atoms with Gasteiger partial charge in [0.15, 0.2) is 5.78 Å². The number of rotatable bonds is 6. The molecule has 0 aliphatic rings. The molecule has 2 aromatic rings. The highest BCUT2D eigenvalue weighted by Crippen LogP contribution is 2.05. The van der Waals surface area contributed by atoms with E-state index >= 15 is 0 Å². The maximum Gasteiger partial charge on any atom is 0.164 e. The molecule has 0 saturated carbocycles. The number of ketones is 1. The zero-order chi connectivity index (χ0) is 13.5. The molecular formula is C16H16FNO. The number of hydrogen-bond donors (Lipinski definition) is 1. The fourth-order valence-electron chi connectivity index (χ4n) is 1.81. The van der Waals surface area contributed by atoms with Crippen LogP contribution in [0.3, 0.4) is 0 Å². The van der Waals surface area contributed by atoms with Gasteiger partial charge in [0, 0.05) is 25.1 Å². The standard InChI is InChI=1S/C16H16FNO/c17-15-8-6-14(7-9-15)16(19)10-11-18-12-13-4-2-1-3-5-13/h1-9,18H,10-12H2. The summed E-state index contributed by atoms with van der Waals surface area (Å²) in [4.78, 5) is 11.8. The van der Waals surface area contributed by atoms with E-state index < -0.39 is 0 Å². The molecule has 0 atom stereocenters. The predicted octanol–water partition coefficient (Wildman–Crippen LogP) is 3.19. The molecule has 0 fully saturated rings. The van der Waals surface area contributed by atoms with Crippen LogP contribution < -0.4 is 5.32 Å².